The molecule has 24 heavy (non-hydrogen) atoms. The summed E-state index contributed by atoms with van der Waals surface area (Å²) in [6.07, 6.45) is 0. The first-order chi connectivity index (χ1) is 10.6. The van der Waals surface area contributed by atoms with Crippen molar-refractivity contribution < 1.29 is 23.1 Å². The standard InChI is InChI=1S/C14H21N3O5S.ClH/c1-10(14(19)20)17(4)9-13(18)15-11-6-5-7-12(8-11)23(21,22)16(2)3;/h5-8,10H,9H2,1-4H3,(H,15,18)(H,19,20);1H. The molecule has 0 fully saturated rings. The van der Waals surface area contributed by atoms with Crippen molar-refractivity contribution in [2.24, 2.45) is 0 Å². The maximum absolute atomic E-state index is 12.1. The average Bonchev–Trinajstić information content (AvgIpc) is 2.46. The lowest BCUT2D eigenvalue weighted by atomic mass is 10.3. The van der Waals surface area contributed by atoms with Crippen LogP contribution < -0.4 is 5.32 Å². The van der Waals surface area contributed by atoms with Gasteiger partial charge in [0.05, 0.1) is 11.4 Å². The Kier molecular flexibility index (Phi) is 8.35. The second-order valence-corrected chi connectivity index (χ2v) is 7.44. The Balaban J connectivity index is 0.00000529. The lowest BCUT2D eigenvalue weighted by Crippen LogP contribution is -2.40. The highest BCUT2D eigenvalue weighted by Gasteiger charge is 2.20. The molecule has 1 rings (SSSR count). The zero-order valence-electron chi connectivity index (χ0n) is 13.9. The smallest absolute Gasteiger partial charge is 0.320 e. The summed E-state index contributed by atoms with van der Waals surface area (Å²) in [5.41, 5.74) is 0.328. The first-order valence-corrected chi connectivity index (χ1v) is 8.25. The van der Waals surface area contributed by atoms with Crippen LogP contribution in [0.1, 0.15) is 6.92 Å². The number of carbonyl (C=O) groups is 2. The zero-order chi connectivity index (χ0) is 17.8. The molecule has 1 unspecified atom stereocenters. The van der Waals surface area contributed by atoms with E-state index >= 15 is 0 Å². The summed E-state index contributed by atoms with van der Waals surface area (Å²) in [6, 6.07) is 5.07. The third-order valence-electron chi connectivity index (χ3n) is 3.31. The molecule has 0 spiro atoms. The van der Waals surface area contributed by atoms with E-state index in [1.54, 1.807) is 6.07 Å². The number of rotatable bonds is 7. The lowest BCUT2D eigenvalue weighted by molar-refractivity contribution is -0.142. The van der Waals surface area contributed by atoms with E-state index in [4.69, 9.17) is 5.11 Å². The van der Waals surface area contributed by atoms with Gasteiger partial charge in [-0.25, -0.2) is 12.7 Å². The molecule has 0 aromatic heterocycles. The van der Waals surface area contributed by atoms with E-state index < -0.39 is 27.9 Å². The van der Waals surface area contributed by atoms with Crippen LogP contribution in [0.2, 0.25) is 0 Å². The number of sulfonamides is 1. The van der Waals surface area contributed by atoms with Crippen molar-refractivity contribution in [3.05, 3.63) is 24.3 Å². The van der Waals surface area contributed by atoms with Crippen molar-refractivity contribution in [2.75, 3.05) is 33.0 Å². The van der Waals surface area contributed by atoms with Crippen molar-refractivity contribution in [1.82, 2.24) is 9.21 Å². The Hall–Kier alpha value is -1.68. The van der Waals surface area contributed by atoms with E-state index in [1.807, 2.05) is 0 Å². The van der Waals surface area contributed by atoms with Gasteiger partial charge in [-0.05, 0) is 32.2 Å². The molecule has 1 amide bonds. The van der Waals surface area contributed by atoms with Crippen molar-refractivity contribution in [1.29, 1.82) is 0 Å². The summed E-state index contributed by atoms with van der Waals surface area (Å²) in [5.74, 6) is -1.46. The van der Waals surface area contributed by atoms with Gasteiger partial charge in [-0.15, -0.1) is 12.4 Å². The number of halogens is 1. The van der Waals surface area contributed by atoms with E-state index in [2.05, 4.69) is 5.32 Å². The molecule has 0 aliphatic heterocycles. The van der Waals surface area contributed by atoms with Crippen molar-refractivity contribution in [2.45, 2.75) is 17.9 Å². The molecular formula is C14H22ClN3O5S. The van der Waals surface area contributed by atoms with E-state index in [0.29, 0.717) is 5.69 Å². The normalized spacial score (nSPS) is 12.6. The SMILES string of the molecule is CC(C(=O)O)N(C)CC(=O)Nc1cccc(S(=O)(=O)N(C)C)c1.Cl. The number of benzene rings is 1. The van der Waals surface area contributed by atoms with Gasteiger partial charge in [-0.1, -0.05) is 6.07 Å². The summed E-state index contributed by atoms with van der Waals surface area (Å²) in [6.45, 7) is 1.35. The summed E-state index contributed by atoms with van der Waals surface area (Å²) in [4.78, 5) is 24.2. The molecule has 10 heteroatoms. The summed E-state index contributed by atoms with van der Waals surface area (Å²) in [7, 11) is 0.769. The largest absolute Gasteiger partial charge is 0.480 e. The first kappa shape index (κ1) is 22.3. The molecule has 136 valence electrons. The molecule has 0 aliphatic carbocycles. The molecule has 1 aromatic carbocycles. The van der Waals surface area contributed by atoms with E-state index in [-0.39, 0.29) is 23.8 Å². The minimum absolute atomic E-state index is 0. The van der Waals surface area contributed by atoms with Crippen molar-refractivity contribution in [3.63, 3.8) is 0 Å². The second kappa shape index (κ2) is 8.97. The molecule has 2 N–H and O–H groups in total. The van der Waals surface area contributed by atoms with E-state index in [1.165, 1.54) is 51.2 Å². The van der Waals surface area contributed by atoms with Crippen molar-refractivity contribution >= 4 is 40.0 Å². The maximum Gasteiger partial charge on any atom is 0.320 e. The molecule has 1 aromatic rings. The Morgan fingerprint density at radius 2 is 1.83 bits per heavy atom. The summed E-state index contributed by atoms with van der Waals surface area (Å²) >= 11 is 0. The molecule has 1 atom stereocenters. The van der Waals surface area contributed by atoms with Crippen LogP contribution in [-0.4, -0.2) is 68.3 Å². The van der Waals surface area contributed by atoms with Crippen LogP contribution in [0.3, 0.4) is 0 Å². The van der Waals surface area contributed by atoms with Gasteiger partial charge in [0.25, 0.3) is 0 Å². The first-order valence-electron chi connectivity index (χ1n) is 6.81. The van der Waals surface area contributed by atoms with Gasteiger partial charge in [-0.3, -0.25) is 14.5 Å². The van der Waals surface area contributed by atoms with Crippen molar-refractivity contribution in [3.8, 4) is 0 Å². The molecule has 8 nitrogen and oxygen atoms in total. The van der Waals surface area contributed by atoms with Gasteiger partial charge in [0.15, 0.2) is 0 Å². The van der Waals surface area contributed by atoms with Crippen LogP contribution in [0.5, 0.6) is 0 Å². The van der Waals surface area contributed by atoms with Crippen LogP contribution in [0.25, 0.3) is 0 Å². The minimum Gasteiger partial charge on any atom is -0.480 e. The topological polar surface area (TPSA) is 107 Å². The van der Waals surface area contributed by atoms with Crippen LogP contribution >= 0.6 is 12.4 Å². The monoisotopic (exact) mass is 379 g/mol. The quantitative estimate of drug-likeness (QED) is 0.722. The number of amides is 1. The Morgan fingerprint density at radius 3 is 2.33 bits per heavy atom. The third kappa shape index (κ3) is 5.75. The number of carboxylic acids is 1. The number of nitrogens with zero attached hydrogens (tertiary/aromatic N) is 2. The fourth-order valence-corrected chi connectivity index (χ4v) is 2.65. The summed E-state index contributed by atoms with van der Waals surface area (Å²) in [5, 5.41) is 11.4. The number of carboxylic acid groups (broad SMARTS) is 1. The van der Waals surface area contributed by atoms with E-state index in [9.17, 15) is 18.0 Å². The zero-order valence-corrected chi connectivity index (χ0v) is 15.5. The number of carbonyl (C=O) groups excluding carboxylic acids is 1. The number of nitrogens with one attached hydrogen (secondary N) is 1. The highest BCUT2D eigenvalue weighted by Crippen LogP contribution is 2.18. The highest BCUT2D eigenvalue weighted by atomic mass is 35.5. The predicted molar refractivity (Wildman–Crippen MR) is 92.9 cm³/mol. The van der Waals surface area contributed by atoms with Gasteiger partial charge < -0.3 is 10.4 Å². The molecule has 0 saturated carbocycles. The van der Waals surface area contributed by atoms with Gasteiger partial charge in [-0.2, -0.15) is 0 Å². The van der Waals surface area contributed by atoms with Crippen LogP contribution in [0.15, 0.2) is 29.2 Å². The number of aliphatic carboxylic acids is 1. The third-order valence-corrected chi connectivity index (χ3v) is 5.12. The molecule has 0 bridgehead atoms. The van der Waals surface area contributed by atoms with Gasteiger partial charge >= 0.3 is 5.97 Å². The van der Waals surface area contributed by atoms with E-state index in [0.717, 1.165) is 4.31 Å². The molecule has 0 heterocycles. The van der Waals surface area contributed by atoms with Crippen LogP contribution in [0, 0.1) is 0 Å². The fourth-order valence-electron chi connectivity index (χ4n) is 1.70. The Bertz CT molecular complexity index is 693. The Labute approximate surface area is 147 Å². The molecular weight excluding hydrogens is 358 g/mol. The van der Waals surface area contributed by atoms with Gasteiger partial charge in [0.2, 0.25) is 15.9 Å². The summed E-state index contributed by atoms with van der Waals surface area (Å²) < 4.78 is 25.2. The number of hydrogen-bond donors (Lipinski definition) is 2. The maximum atomic E-state index is 12.1. The number of likely N-dealkylation sites (N-methyl/N-ethyl adjacent to an activating group) is 1. The minimum atomic E-state index is -3.59. The fraction of sp³-hybridized carbons (Fsp3) is 0.429. The van der Waals surface area contributed by atoms with Crippen LogP contribution in [0.4, 0.5) is 5.69 Å². The highest BCUT2D eigenvalue weighted by molar-refractivity contribution is 7.89. The molecule has 0 radical (unpaired) electrons. The Morgan fingerprint density at radius 1 is 1.25 bits per heavy atom. The molecule has 0 aliphatic rings. The number of hydrogen-bond acceptors (Lipinski definition) is 5. The average molecular weight is 380 g/mol. The number of anilines is 1. The van der Waals surface area contributed by atoms with Gasteiger partial charge in [0, 0.05) is 19.8 Å². The lowest BCUT2D eigenvalue weighted by Gasteiger charge is -2.20. The second-order valence-electron chi connectivity index (χ2n) is 5.29. The van der Waals surface area contributed by atoms with Crippen LogP contribution in [-0.2, 0) is 19.6 Å². The van der Waals surface area contributed by atoms with Gasteiger partial charge in [0.1, 0.15) is 6.04 Å². The molecule has 0 saturated heterocycles. The predicted octanol–water partition coefficient (Wildman–Crippen LogP) is 0.702.